The molecule has 0 aliphatic rings. The first kappa shape index (κ1) is 20.2. The van der Waals surface area contributed by atoms with E-state index < -0.39 is 0 Å². The lowest BCUT2D eigenvalue weighted by molar-refractivity contribution is 0.0950. The van der Waals surface area contributed by atoms with Crippen LogP contribution in [-0.2, 0) is 19.7 Å². The van der Waals surface area contributed by atoms with Gasteiger partial charge in [0.15, 0.2) is 0 Å². The molecule has 146 valence electrons. The van der Waals surface area contributed by atoms with E-state index in [2.05, 4.69) is 10.4 Å². The zero-order valence-electron chi connectivity index (χ0n) is 15.7. The summed E-state index contributed by atoms with van der Waals surface area (Å²) in [6.07, 6.45) is 1.75. The highest BCUT2D eigenvalue weighted by Crippen LogP contribution is 2.26. The van der Waals surface area contributed by atoms with Crippen molar-refractivity contribution in [3.63, 3.8) is 0 Å². The molecule has 1 aromatic heterocycles. The fourth-order valence-electron chi connectivity index (χ4n) is 2.67. The molecule has 0 atom stereocenters. The predicted molar refractivity (Wildman–Crippen MR) is 111 cm³/mol. The minimum Gasteiger partial charge on any atom is -0.487 e. The summed E-state index contributed by atoms with van der Waals surface area (Å²) >= 11 is 12.3. The number of aromatic nitrogens is 2. The average Bonchev–Trinajstić information content (AvgIpc) is 3.07. The minimum atomic E-state index is -0.197. The number of nitrogens with one attached hydrogen (secondary N) is 1. The molecule has 0 radical (unpaired) electrons. The van der Waals surface area contributed by atoms with E-state index in [1.165, 1.54) is 0 Å². The molecule has 3 rings (SSSR count). The van der Waals surface area contributed by atoms with Crippen molar-refractivity contribution in [2.24, 2.45) is 0 Å². The molecule has 0 unspecified atom stereocenters. The number of nitrogens with zero attached hydrogens (tertiary/aromatic N) is 2. The standard InChI is InChI=1S/C21H21Cl2N3O2/c1-3-26-12-18(23)19(25-26)11-24-21(27)16-6-4-5-15(10-16)13-28-20-9-14(2)7-8-17(20)22/h4-10,12H,3,11,13H2,1-2H3,(H,24,27). The lowest BCUT2D eigenvalue weighted by Gasteiger charge is -2.10. The van der Waals surface area contributed by atoms with Crippen LogP contribution in [-0.4, -0.2) is 15.7 Å². The Kier molecular flexibility index (Phi) is 6.60. The Morgan fingerprint density at radius 3 is 2.75 bits per heavy atom. The largest absolute Gasteiger partial charge is 0.487 e. The molecule has 0 aliphatic carbocycles. The van der Waals surface area contributed by atoms with Crippen LogP contribution in [0.4, 0.5) is 0 Å². The number of ether oxygens (including phenoxy) is 1. The Bertz CT molecular complexity index is 986. The number of aryl methyl sites for hydroxylation is 2. The van der Waals surface area contributed by atoms with Crippen LogP contribution in [0.15, 0.2) is 48.7 Å². The van der Waals surface area contributed by atoms with E-state index in [0.717, 1.165) is 17.7 Å². The van der Waals surface area contributed by atoms with Gasteiger partial charge in [0.05, 0.1) is 16.6 Å². The molecule has 0 saturated heterocycles. The zero-order valence-corrected chi connectivity index (χ0v) is 17.2. The van der Waals surface area contributed by atoms with Crippen LogP contribution >= 0.6 is 23.2 Å². The first-order chi connectivity index (χ1) is 13.5. The molecule has 5 nitrogen and oxygen atoms in total. The Hall–Kier alpha value is -2.50. The van der Waals surface area contributed by atoms with Crippen LogP contribution in [0.3, 0.4) is 0 Å². The summed E-state index contributed by atoms with van der Waals surface area (Å²) in [6, 6.07) is 12.9. The predicted octanol–water partition coefficient (Wildman–Crippen LogP) is 5.03. The lowest BCUT2D eigenvalue weighted by atomic mass is 10.1. The Labute approximate surface area is 174 Å². The third kappa shape index (κ3) is 5.06. The normalized spacial score (nSPS) is 10.7. The van der Waals surface area contributed by atoms with Crippen molar-refractivity contribution in [2.75, 3.05) is 0 Å². The first-order valence-corrected chi connectivity index (χ1v) is 9.69. The van der Waals surface area contributed by atoms with E-state index in [4.69, 9.17) is 27.9 Å². The van der Waals surface area contributed by atoms with Crippen molar-refractivity contribution in [2.45, 2.75) is 33.5 Å². The second kappa shape index (κ2) is 9.13. The van der Waals surface area contributed by atoms with Crippen molar-refractivity contribution < 1.29 is 9.53 Å². The van der Waals surface area contributed by atoms with E-state index in [1.54, 1.807) is 29.1 Å². The second-order valence-electron chi connectivity index (χ2n) is 6.39. The Morgan fingerprint density at radius 2 is 2.00 bits per heavy atom. The van der Waals surface area contributed by atoms with Crippen molar-refractivity contribution in [1.82, 2.24) is 15.1 Å². The summed E-state index contributed by atoms with van der Waals surface area (Å²) in [6.45, 7) is 5.26. The molecule has 7 heteroatoms. The van der Waals surface area contributed by atoms with Crippen LogP contribution in [0.5, 0.6) is 5.75 Å². The molecule has 1 amide bonds. The van der Waals surface area contributed by atoms with Gasteiger partial charge in [-0.05, 0) is 49.2 Å². The maximum atomic E-state index is 12.5. The molecule has 0 fully saturated rings. The fourth-order valence-corrected chi connectivity index (χ4v) is 3.06. The van der Waals surface area contributed by atoms with Gasteiger partial charge in [0.2, 0.25) is 0 Å². The van der Waals surface area contributed by atoms with Gasteiger partial charge in [0, 0.05) is 18.3 Å². The second-order valence-corrected chi connectivity index (χ2v) is 7.20. The molecule has 1 heterocycles. The molecular weight excluding hydrogens is 397 g/mol. The van der Waals surface area contributed by atoms with E-state index >= 15 is 0 Å². The SMILES string of the molecule is CCn1cc(Cl)c(CNC(=O)c2cccc(COc3cc(C)ccc3Cl)c2)n1. The summed E-state index contributed by atoms with van der Waals surface area (Å²) in [5.41, 5.74) is 3.13. The summed E-state index contributed by atoms with van der Waals surface area (Å²) < 4.78 is 7.54. The van der Waals surface area contributed by atoms with Gasteiger partial charge >= 0.3 is 0 Å². The summed E-state index contributed by atoms with van der Waals surface area (Å²) in [7, 11) is 0. The maximum absolute atomic E-state index is 12.5. The fraction of sp³-hybridized carbons (Fsp3) is 0.238. The number of carbonyl (C=O) groups excluding carboxylic acids is 1. The summed E-state index contributed by atoms with van der Waals surface area (Å²) in [5.74, 6) is 0.426. The van der Waals surface area contributed by atoms with E-state index in [-0.39, 0.29) is 12.5 Å². The molecular formula is C21H21Cl2N3O2. The minimum absolute atomic E-state index is 0.197. The Balaban J connectivity index is 1.62. The van der Waals surface area contributed by atoms with E-state index in [9.17, 15) is 4.79 Å². The van der Waals surface area contributed by atoms with Crippen LogP contribution in [0.25, 0.3) is 0 Å². The molecule has 3 aromatic rings. The van der Waals surface area contributed by atoms with Gasteiger partial charge in [-0.2, -0.15) is 5.10 Å². The van der Waals surface area contributed by atoms with Gasteiger partial charge in [-0.3, -0.25) is 9.48 Å². The van der Waals surface area contributed by atoms with Crippen molar-refractivity contribution >= 4 is 29.1 Å². The number of rotatable bonds is 7. The van der Waals surface area contributed by atoms with Crippen molar-refractivity contribution in [3.05, 3.63) is 81.1 Å². The smallest absolute Gasteiger partial charge is 0.251 e. The van der Waals surface area contributed by atoms with Crippen molar-refractivity contribution in [3.8, 4) is 5.75 Å². The Morgan fingerprint density at radius 1 is 1.18 bits per heavy atom. The lowest BCUT2D eigenvalue weighted by Crippen LogP contribution is -2.23. The van der Waals surface area contributed by atoms with Gasteiger partial charge in [-0.1, -0.05) is 41.4 Å². The maximum Gasteiger partial charge on any atom is 0.251 e. The zero-order chi connectivity index (χ0) is 20.1. The molecule has 28 heavy (non-hydrogen) atoms. The van der Waals surface area contributed by atoms with Gasteiger partial charge in [0.25, 0.3) is 5.91 Å². The van der Waals surface area contributed by atoms with Gasteiger partial charge in [0.1, 0.15) is 18.1 Å². The monoisotopic (exact) mass is 417 g/mol. The molecule has 0 saturated carbocycles. The highest BCUT2D eigenvalue weighted by molar-refractivity contribution is 6.32. The number of hydrogen-bond donors (Lipinski definition) is 1. The topological polar surface area (TPSA) is 56.2 Å². The third-order valence-corrected chi connectivity index (χ3v) is 4.83. The number of benzene rings is 2. The number of amides is 1. The van der Waals surface area contributed by atoms with Crippen molar-refractivity contribution in [1.29, 1.82) is 0 Å². The highest BCUT2D eigenvalue weighted by Gasteiger charge is 2.11. The molecule has 0 bridgehead atoms. The van der Waals surface area contributed by atoms with Gasteiger partial charge < -0.3 is 10.1 Å². The highest BCUT2D eigenvalue weighted by atomic mass is 35.5. The van der Waals surface area contributed by atoms with E-state index in [0.29, 0.717) is 33.7 Å². The molecule has 2 aromatic carbocycles. The quantitative estimate of drug-likeness (QED) is 0.586. The van der Waals surface area contributed by atoms with Crippen LogP contribution in [0.2, 0.25) is 10.0 Å². The first-order valence-electron chi connectivity index (χ1n) is 8.94. The third-order valence-electron chi connectivity index (χ3n) is 4.20. The van der Waals surface area contributed by atoms with Crippen LogP contribution in [0.1, 0.15) is 34.1 Å². The van der Waals surface area contributed by atoms with E-state index in [1.807, 2.05) is 38.1 Å². The molecule has 0 aliphatic heterocycles. The summed E-state index contributed by atoms with van der Waals surface area (Å²) in [4.78, 5) is 12.5. The van der Waals surface area contributed by atoms with Gasteiger partial charge in [-0.15, -0.1) is 0 Å². The average molecular weight is 418 g/mol. The summed E-state index contributed by atoms with van der Waals surface area (Å²) in [5, 5.41) is 8.28. The number of carbonyl (C=O) groups is 1. The molecule has 1 N–H and O–H groups in total. The molecule has 0 spiro atoms. The number of halogens is 2. The number of hydrogen-bond acceptors (Lipinski definition) is 3. The van der Waals surface area contributed by atoms with Crippen LogP contribution in [0, 0.1) is 6.92 Å². The van der Waals surface area contributed by atoms with Gasteiger partial charge in [-0.25, -0.2) is 0 Å². The van der Waals surface area contributed by atoms with Crippen LogP contribution < -0.4 is 10.1 Å².